The van der Waals surface area contributed by atoms with Crippen LogP contribution in [0.25, 0.3) is 5.52 Å². The Morgan fingerprint density at radius 3 is 2.63 bits per heavy atom. The summed E-state index contributed by atoms with van der Waals surface area (Å²) in [7, 11) is 0. The van der Waals surface area contributed by atoms with Crippen molar-refractivity contribution in [2.24, 2.45) is 0 Å². The molecule has 0 radical (unpaired) electrons. The minimum absolute atomic E-state index is 0.0221. The van der Waals surface area contributed by atoms with Crippen molar-refractivity contribution in [3.8, 4) is 5.75 Å². The molecule has 1 aromatic carbocycles. The number of hydrogen-bond acceptors (Lipinski definition) is 6. The van der Waals surface area contributed by atoms with Crippen LogP contribution in [0, 0.1) is 12.7 Å². The van der Waals surface area contributed by atoms with Crippen LogP contribution in [0.1, 0.15) is 67.0 Å². The Labute approximate surface area is 208 Å². The third-order valence-corrected chi connectivity index (χ3v) is 7.01. The van der Waals surface area contributed by atoms with E-state index in [1.54, 1.807) is 17.3 Å². The number of imidazole rings is 1. The highest BCUT2D eigenvalue weighted by atomic mass is 35.5. The average molecular weight is 502 g/mol. The first-order valence-electron chi connectivity index (χ1n) is 11.9. The summed E-state index contributed by atoms with van der Waals surface area (Å²) in [5.41, 5.74) is 7.95. The normalized spacial score (nSPS) is 20.6. The van der Waals surface area contributed by atoms with Crippen LogP contribution in [-0.4, -0.2) is 56.6 Å². The van der Waals surface area contributed by atoms with E-state index in [1.807, 2.05) is 32.1 Å². The molecule has 3 aromatic rings. The van der Waals surface area contributed by atoms with Crippen LogP contribution in [0.15, 0.2) is 18.5 Å². The molecule has 0 aliphatic carbocycles. The van der Waals surface area contributed by atoms with Crippen LogP contribution in [0.5, 0.6) is 5.75 Å². The molecule has 2 aromatic heterocycles. The van der Waals surface area contributed by atoms with Crippen molar-refractivity contribution in [3.05, 3.63) is 51.9 Å². The lowest BCUT2D eigenvalue weighted by Crippen LogP contribution is -2.46. The molecule has 2 bridgehead atoms. The molecule has 5 rings (SSSR count). The van der Waals surface area contributed by atoms with E-state index in [0.29, 0.717) is 35.8 Å². The predicted molar refractivity (Wildman–Crippen MR) is 131 cm³/mol. The summed E-state index contributed by atoms with van der Waals surface area (Å²) in [5, 5.41) is -0.138. The zero-order chi connectivity index (χ0) is 25.0. The SMILES string of the molecule is Cc1nc([C@@H](C)c2cc(Cl)c(F)c(C(=O)N3CC4CCC(C3)O4)c2OC(C)C)n2ccnc(N)c12. The number of ether oxygens (including phenoxy) is 2. The molecule has 10 heteroatoms. The lowest BCUT2D eigenvalue weighted by Gasteiger charge is -2.33. The number of aryl methyl sites for hydroxylation is 1. The number of morpholine rings is 1. The van der Waals surface area contributed by atoms with Crippen LogP contribution in [-0.2, 0) is 4.74 Å². The second-order valence-corrected chi connectivity index (χ2v) is 10.0. The number of aromatic nitrogens is 3. The topological polar surface area (TPSA) is 95.0 Å². The number of amides is 1. The summed E-state index contributed by atoms with van der Waals surface area (Å²) < 4.78 is 29.4. The van der Waals surface area contributed by atoms with Gasteiger partial charge < -0.3 is 20.1 Å². The lowest BCUT2D eigenvalue weighted by atomic mass is 9.95. The number of nitrogen functional groups attached to an aromatic ring is 1. The van der Waals surface area contributed by atoms with Gasteiger partial charge in [-0.1, -0.05) is 18.5 Å². The van der Waals surface area contributed by atoms with Gasteiger partial charge in [-0.05, 0) is 39.7 Å². The van der Waals surface area contributed by atoms with Gasteiger partial charge in [-0.15, -0.1) is 0 Å². The Morgan fingerprint density at radius 2 is 1.97 bits per heavy atom. The van der Waals surface area contributed by atoms with Crippen molar-refractivity contribution in [3.63, 3.8) is 0 Å². The van der Waals surface area contributed by atoms with E-state index < -0.39 is 17.6 Å². The number of halogens is 2. The largest absolute Gasteiger partial charge is 0.490 e. The number of nitrogens with zero attached hydrogens (tertiary/aromatic N) is 4. The molecule has 0 spiro atoms. The fourth-order valence-electron chi connectivity index (χ4n) is 5.16. The number of carbonyl (C=O) groups excluding carboxylic acids is 1. The van der Waals surface area contributed by atoms with Gasteiger partial charge in [-0.25, -0.2) is 14.4 Å². The molecule has 186 valence electrons. The van der Waals surface area contributed by atoms with Gasteiger partial charge in [0.1, 0.15) is 28.5 Å². The van der Waals surface area contributed by atoms with Crippen LogP contribution in [0.2, 0.25) is 5.02 Å². The molecule has 2 saturated heterocycles. The standard InChI is InChI=1S/C25H29ClFN5O3/c1-12(2)34-22-17(13(3)24-30-14(4)21-23(28)29-7-8-32(21)24)9-18(26)20(27)19(22)25(33)31-10-15-5-6-16(11-31)35-15/h7-9,12-13,15-16H,5-6,10-11H2,1-4H3,(H2,28,29)/t13-,15?,16?/m0/s1. The van der Waals surface area contributed by atoms with Gasteiger partial charge in [0.2, 0.25) is 0 Å². The zero-order valence-electron chi connectivity index (χ0n) is 20.2. The Hall–Kier alpha value is -2.91. The van der Waals surface area contributed by atoms with Crippen molar-refractivity contribution in [2.45, 2.75) is 64.8 Å². The van der Waals surface area contributed by atoms with Gasteiger partial charge in [0.25, 0.3) is 5.91 Å². The molecule has 2 aliphatic heterocycles. The van der Waals surface area contributed by atoms with Gasteiger partial charge in [0.05, 0.1) is 29.0 Å². The Balaban J connectivity index is 1.65. The van der Waals surface area contributed by atoms with Crippen LogP contribution >= 0.6 is 11.6 Å². The third kappa shape index (κ3) is 4.10. The van der Waals surface area contributed by atoms with Gasteiger partial charge >= 0.3 is 0 Å². The minimum atomic E-state index is -0.778. The van der Waals surface area contributed by atoms with Gasteiger partial charge in [0.15, 0.2) is 5.82 Å². The molecule has 2 fully saturated rings. The number of rotatable bonds is 5. The van der Waals surface area contributed by atoms with E-state index in [0.717, 1.165) is 18.5 Å². The smallest absolute Gasteiger partial charge is 0.260 e. The van der Waals surface area contributed by atoms with E-state index >= 15 is 4.39 Å². The third-order valence-electron chi connectivity index (χ3n) is 6.74. The number of carbonyl (C=O) groups is 1. The first kappa shape index (κ1) is 23.8. The lowest BCUT2D eigenvalue weighted by molar-refractivity contribution is -0.0306. The van der Waals surface area contributed by atoms with Crippen molar-refractivity contribution >= 4 is 28.8 Å². The van der Waals surface area contributed by atoms with E-state index in [2.05, 4.69) is 4.98 Å². The number of likely N-dealkylation sites (tertiary alicyclic amines) is 1. The first-order chi connectivity index (χ1) is 16.7. The van der Waals surface area contributed by atoms with Crippen LogP contribution in [0.3, 0.4) is 0 Å². The van der Waals surface area contributed by atoms with Crippen molar-refractivity contribution in [2.75, 3.05) is 18.8 Å². The molecular weight excluding hydrogens is 473 g/mol. The van der Waals surface area contributed by atoms with Crippen molar-refractivity contribution in [1.29, 1.82) is 0 Å². The fourth-order valence-corrected chi connectivity index (χ4v) is 5.37. The maximum atomic E-state index is 15.5. The molecule has 3 atom stereocenters. The highest BCUT2D eigenvalue weighted by Gasteiger charge is 2.39. The highest BCUT2D eigenvalue weighted by Crippen LogP contribution is 2.41. The number of benzene rings is 1. The Kier molecular flexibility index (Phi) is 6.09. The van der Waals surface area contributed by atoms with Crippen molar-refractivity contribution in [1.82, 2.24) is 19.3 Å². The van der Waals surface area contributed by atoms with Crippen molar-refractivity contribution < 1.29 is 18.7 Å². The molecule has 2 unspecified atom stereocenters. The van der Waals surface area contributed by atoms with E-state index in [-0.39, 0.29) is 34.6 Å². The summed E-state index contributed by atoms with van der Waals surface area (Å²) >= 11 is 6.38. The zero-order valence-corrected chi connectivity index (χ0v) is 21.0. The number of nitrogens with two attached hydrogens (primary N) is 1. The maximum Gasteiger partial charge on any atom is 0.260 e. The van der Waals surface area contributed by atoms with Gasteiger partial charge in [-0.2, -0.15) is 0 Å². The Morgan fingerprint density at radius 1 is 1.29 bits per heavy atom. The molecule has 0 saturated carbocycles. The minimum Gasteiger partial charge on any atom is -0.490 e. The number of anilines is 1. The molecule has 4 heterocycles. The van der Waals surface area contributed by atoms with E-state index in [1.165, 1.54) is 6.07 Å². The molecular formula is C25H29ClFN5O3. The molecule has 35 heavy (non-hydrogen) atoms. The molecule has 8 nitrogen and oxygen atoms in total. The number of fused-ring (bicyclic) bond motifs is 3. The van der Waals surface area contributed by atoms with Gasteiger partial charge in [0, 0.05) is 37.0 Å². The highest BCUT2D eigenvalue weighted by molar-refractivity contribution is 6.31. The summed E-state index contributed by atoms with van der Waals surface area (Å²) in [6.07, 6.45) is 4.83. The number of hydrogen-bond donors (Lipinski definition) is 1. The first-order valence-corrected chi connectivity index (χ1v) is 12.3. The van der Waals surface area contributed by atoms with Crippen LogP contribution < -0.4 is 10.5 Å². The second-order valence-electron chi connectivity index (χ2n) is 9.61. The average Bonchev–Trinajstić information content (AvgIpc) is 3.33. The molecule has 1 amide bonds. The molecule has 2 N–H and O–H groups in total. The fraction of sp³-hybridized carbons (Fsp3) is 0.480. The maximum absolute atomic E-state index is 15.5. The van der Waals surface area contributed by atoms with E-state index in [4.69, 9.17) is 31.8 Å². The monoisotopic (exact) mass is 501 g/mol. The summed E-state index contributed by atoms with van der Waals surface area (Å²) in [4.78, 5) is 24.3. The summed E-state index contributed by atoms with van der Waals surface area (Å²) in [5.74, 6) is -0.395. The predicted octanol–water partition coefficient (Wildman–Crippen LogP) is 4.35. The van der Waals surface area contributed by atoms with Gasteiger partial charge in [-0.3, -0.25) is 9.20 Å². The quantitative estimate of drug-likeness (QED) is 0.558. The Bertz CT molecular complexity index is 1300. The second kappa shape index (κ2) is 8.95. The summed E-state index contributed by atoms with van der Waals surface area (Å²) in [6, 6.07) is 1.53. The van der Waals surface area contributed by atoms with E-state index in [9.17, 15) is 4.79 Å². The summed E-state index contributed by atoms with van der Waals surface area (Å²) in [6.45, 7) is 8.30. The molecule has 2 aliphatic rings. The van der Waals surface area contributed by atoms with Crippen LogP contribution in [0.4, 0.5) is 10.2 Å².